The summed E-state index contributed by atoms with van der Waals surface area (Å²) in [4.78, 5) is 22.6. The van der Waals surface area contributed by atoms with E-state index in [1.165, 1.54) is 128 Å². The third-order valence-electron chi connectivity index (χ3n) is 10.7. The van der Waals surface area contributed by atoms with Crippen LogP contribution in [-0.2, 0) is 27.9 Å². The Balaban J connectivity index is 4.15. The molecule has 0 amide bonds. The fourth-order valence-electron chi connectivity index (χ4n) is 6.85. The Morgan fingerprint density at radius 1 is 0.508 bits per heavy atom. The lowest BCUT2D eigenvalue weighted by atomic mass is 10.0. The van der Waals surface area contributed by atoms with Crippen molar-refractivity contribution in [3.63, 3.8) is 0 Å². The summed E-state index contributed by atoms with van der Waals surface area (Å²) in [7, 11) is -4.55. The Hall–Kier alpha value is -2.10. The van der Waals surface area contributed by atoms with Crippen LogP contribution in [0.1, 0.15) is 213 Å². The van der Waals surface area contributed by atoms with Crippen LogP contribution in [0.4, 0.5) is 0 Å². The smallest absolute Gasteiger partial charge is 0.457 e. The van der Waals surface area contributed by atoms with Gasteiger partial charge in [0.15, 0.2) is 0 Å². The molecular formula is C53H95O9P. The van der Waals surface area contributed by atoms with Gasteiger partial charge >= 0.3 is 13.8 Å². The maximum atomic E-state index is 12.6. The van der Waals surface area contributed by atoms with Crippen LogP contribution in [0, 0.1) is 0 Å². The van der Waals surface area contributed by atoms with E-state index in [2.05, 4.69) is 74.6 Å². The molecule has 0 fully saturated rings. The number of hydrogen-bond donors (Lipinski definition) is 3. The number of esters is 1. The zero-order valence-electron chi connectivity index (χ0n) is 40.3. The Morgan fingerprint density at radius 2 is 0.873 bits per heavy atom. The summed E-state index contributed by atoms with van der Waals surface area (Å²) in [5, 5.41) is 18.4. The Bertz CT molecular complexity index is 1210. The summed E-state index contributed by atoms with van der Waals surface area (Å²) in [6.45, 7) is 3.33. The van der Waals surface area contributed by atoms with Gasteiger partial charge < -0.3 is 24.6 Å². The second-order valence-electron chi connectivity index (χ2n) is 16.8. The van der Waals surface area contributed by atoms with E-state index in [0.29, 0.717) is 13.0 Å². The summed E-state index contributed by atoms with van der Waals surface area (Å²) in [6, 6.07) is 0. The van der Waals surface area contributed by atoms with Gasteiger partial charge in [0.2, 0.25) is 0 Å². The lowest BCUT2D eigenvalue weighted by Gasteiger charge is -2.20. The average Bonchev–Trinajstić information content (AvgIpc) is 3.28. The van der Waals surface area contributed by atoms with Crippen molar-refractivity contribution >= 4 is 13.8 Å². The molecule has 0 aliphatic heterocycles. The zero-order chi connectivity index (χ0) is 46.0. The predicted molar refractivity (Wildman–Crippen MR) is 265 cm³/mol. The highest BCUT2D eigenvalue weighted by atomic mass is 31.2. The molecule has 0 spiro atoms. The number of aliphatic hydroxyl groups excluding tert-OH is 2. The number of allylic oxidation sites excluding steroid dienone is 12. The van der Waals surface area contributed by atoms with Crippen molar-refractivity contribution in [3.8, 4) is 0 Å². The molecule has 0 aromatic rings. The van der Waals surface area contributed by atoms with Gasteiger partial charge in [-0.1, -0.05) is 228 Å². The van der Waals surface area contributed by atoms with Gasteiger partial charge in [0.1, 0.15) is 12.2 Å². The molecule has 0 aromatic heterocycles. The maximum absolute atomic E-state index is 12.6. The molecule has 3 atom stereocenters. The van der Waals surface area contributed by atoms with Gasteiger partial charge in [-0.15, -0.1) is 0 Å². The number of phosphoric ester groups is 1. The molecule has 0 radical (unpaired) electrons. The monoisotopic (exact) mass is 907 g/mol. The predicted octanol–water partition coefficient (Wildman–Crippen LogP) is 14.9. The van der Waals surface area contributed by atoms with E-state index in [-0.39, 0.29) is 13.0 Å². The molecule has 9 nitrogen and oxygen atoms in total. The highest BCUT2D eigenvalue weighted by molar-refractivity contribution is 7.47. The van der Waals surface area contributed by atoms with E-state index < -0.39 is 45.8 Å². The quantitative estimate of drug-likeness (QED) is 0.0236. The molecule has 366 valence electrons. The van der Waals surface area contributed by atoms with E-state index in [1.54, 1.807) is 0 Å². The number of ether oxygens (including phenoxy) is 2. The number of rotatable bonds is 48. The Morgan fingerprint density at radius 3 is 1.27 bits per heavy atom. The van der Waals surface area contributed by atoms with E-state index in [4.69, 9.17) is 23.6 Å². The van der Waals surface area contributed by atoms with Gasteiger partial charge in [-0.25, -0.2) is 4.57 Å². The molecule has 0 aliphatic rings. The number of phosphoric acid groups is 1. The maximum Gasteiger partial charge on any atom is 0.472 e. The molecule has 0 heterocycles. The summed E-state index contributed by atoms with van der Waals surface area (Å²) >= 11 is 0. The van der Waals surface area contributed by atoms with E-state index in [1.807, 2.05) is 12.2 Å². The largest absolute Gasteiger partial charge is 0.472 e. The standard InChI is InChI=1S/C53H95O9P/c1-3-5-7-9-11-13-15-17-19-21-23-24-25-26-28-30-32-34-36-38-40-42-44-46-59-49-52(50-61-63(57,58)60-48-51(55)47-54)62-53(56)45-43-41-39-37-35-33-31-29-27-22-20-18-16-14-12-10-8-6-4-2/h6,8,12,14,18,20,27,29,33,35,39,41,51-52,54-55H,3-5,7,9-11,13,15-17,19,21-26,28,30-32,34,36-38,40,42-50H2,1-2H3,(H,57,58)/b8-6-,14-12-,20-18-,29-27-,35-33-,41-39-. The minimum Gasteiger partial charge on any atom is -0.457 e. The van der Waals surface area contributed by atoms with Crippen LogP contribution in [-0.4, -0.2) is 66.3 Å². The average molecular weight is 907 g/mol. The van der Waals surface area contributed by atoms with Crippen LogP contribution in [0.15, 0.2) is 72.9 Å². The van der Waals surface area contributed by atoms with Crippen LogP contribution in [0.3, 0.4) is 0 Å². The second-order valence-corrected chi connectivity index (χ2v) is 18.3. The highest BCUT2D eigenvalue weighted by Gasteiger charge is 2.26. The molecule has 0 saturated heterocycles. The van der Waals surface area contributed by atoms with E-state index in [9.17, 15) is 19.4 Å². The first-order valence-corrected chi connectivity index (χ1v) is 26.9. The number of hydrogen-bond acceptors (Lipinski definition) is 8. The van der Waals surface area contributed by atoms with Gasteiger partial charge in [-0.3, -0.25) is 13.8 Å². The van der Waals surface area contributed by atoms with E-state index in [0.717, 1.165) is 57.8 Å². The molecular weight excluding hydrogens is 812 g/mol. The summed E-state index contributed by atoms with van der Waals surface area (Å²) in [5.74, 6) is -0.462. The number of aliphatic hydroxyl groups is 2. The van der Waals surface area contributed by atoms with Gasteiger partial charge in [0, 0.05) is 13.0 Å². The number of carbonyl (C=O) groups excluding carboxylic acids is 1. The van der Waals surface area contributed by atoms with Crippen molar-refractivity contribution < 1.29 is 43.0 Å². The second kappa shape index (κ2) is 49.3. The Labute approximate surface area is 386 Å². The van der Waals surface area contributed by atoms with Crippen molar-refractivity contribution in [1.29, 1.82) is 0 Å². The fraction of sp³-hybridized carbons (Fsp3) is 0.755. The molecule has 0 bridgehead atoms. The molecule has 63 heavy (non-hydrogen) atoms. The molecule has 0 aliphatic carbocycles. The summed E-state index contributed by atoms with van der Waals surface area (Å²) in [5.41, 5.74) is 0. The van der Waals surface area contributed by atoms with Crippen molar-refractivity contribution in [3.05, 3.63) is 72.9 Å². The first-order chi connectivity index (χ1) is 30.8. The summed E-state index contributed by atoms with van der Waals surface area (Å²) in [6.07, 6.45) is 60.4. The van der Waals surface area contributed by atoms with Crippen LogP contribution in [0.5, 0.6) is 0 Å². The van der Waals surface area contributed by atoms with Crippen molar-refractivity contribution in [2.24, 2.45) is 0 Å². The molecule has 0 aromatic carbocycles. The highest BCUT2D eigenvalue weighted by Crippen LogP contribution is 2.43. The first-order valence-electron chi connectivity index (χ1n) is 25.4. The van der Waals surface area contributed by atoms with Crippen molar-refractivity contribution in [2.45, 2.75) is 225 Å². The van der Waals surface area contributed by atoms with Gasteiger partial charge in [0.05, 0.1) is 26.4 Å². The SMILES string of the molecule is CC/C=C\C/C=C\C/C=C\C/C=C\C/C=C\C/C=C\CCC(=O)OC(COCCCCCCCCCCCCCCCCCCCCCCCCC)COP(=O)(O)OCC(O)CO. The van der Waals surface area contributed by atoms with Crippen molar-refractivity contribution in [1.82, 2.24) is 0 Å². The number of carbonyl (C=O) groups is 1. The summed E-state index contributed by atoms with van der Waals surface area (Å²) < 4.78 is 33.4. The van der Waals surface area contributed by atoms with Gasteiger partial charge in [-0.2, -0.15) is 0 Å². The molecule has 0 saturated carbocycles. The lowest BCUT2D eigenvalue weighted by Crippen LogP contribution is -2.29. The first kappa shape index (κ1) is 60.9. The molecule has 3 unspecified atom stereocenters. The normalized spacial score (nSPS) is 14.4. The number of unbranched alkanes of at least 4 members (excludes halogenated alkanes) is 22. The third-order valence-corrected chi connectivity index (χ3v) is 11.6. The van der Waals surface area contributed by atoms with E-state index >= 15 is 0 Å². The molecule has 0 rings (SSSR count). The molecule has 10 heteroatoms. The van der Waals surface area contributed by atoms with Crippen LogP contribution < -0.4 is 0 Å². The topological polar surface area (TPSA) is 132 Å². The van der Waals surface area contributed by atoms with Crippen LogP contribution in [0.25, 0.3) is 0 Å². The van der Waals surface area contributed by atoms with Crippen molar-refractivity contribution in [2.75, 3.05) is 33.0 Å². The minimum atomic E-state index is -4.55. The minimum absolute atomic E-state index is 0.0181. The van der Waals surface area contributed by atoms with Crippen LogP contribution >= 0.6 is 7.82 Å². The van der Waals surface area contributed by atoms with Gasteiger partial charge in [-0.05, 0) is 51.4 Å². The van der Waals surface area contributed by atoms with Crippen LogP contribution in [0.2, 0.25) is 0 Å². The zero-order valence-corrected chi connectivity index (χ0v) is 41.2. The third kappa shape index (κ3) is 49.2. The fourth-order valence-corrected chi connectivity index (χ4v) is 7.64. The molecule has 3 N–H and O–H groups in total. The van der Waals surface area contributed by atoms with Gasteiger partial charge in [0.25, 0.3) is 0 Å². The lowest BCUT2D eigenvalue weighted by molar-refractivity contribution is -0.154. The Kier molecular flexibility index (Phi) is 47.7.